The number of aryl methyl sites for hydroxylation is 2. The fraction of sp³-hybridized carbons (Fsp3) is 0.500. The minimum atomic E-state index is -0.698. The second-order valence-corrected chi connectivity index (χ2v) is 18.7. The lowest BCUT2D eigenvalue weighted by Crippen LogP contribution is -2.38. The molecular weight excluding hydrogens is 1090 g/mol. The Morgan fingerprint density at radius 3 is 1.41 bits per heavy atom. The highest BCUT2D eigenvalue weighted by Crippen LogP contribution is 2.19. The van der Waals surface area contributed by atoms with Crippen LogP contribution in [-0.2, 0) is 31.8 Å². The Labute approximate surface area is 481 Å². The lowest BCUT2D eigenvalue weighted by molar-refractivity contribution is 0.0377. The van der Waals surface area contributed by atoms with Crippen LogP contribution in [0.4, 0.5) is 27.0 Å². The number of unbranched alkanes of at least 4 members (excludes halogenated alkanes) is 3. The third kappa shape index (κ3) is 28.4. The van der Waals surface area contributed by atoms with E-state index in [1.54, 1.807) is 0 Å². The zero-order chi connectivity index (χ0) is 58.6. The summed E-state index contributed by atoms with van der Waals surface area (Å²) in [6.45, 7) is 9.41. The third-order valence-electron chi connectivity index (χ3n) is 11.3. The van der Waals surface area contributed by atoms with Crippen LogP contribution in [0.25, 0.3) is 0 Å². The first-order chi connectivity index (χ1) is 39.1. The number of hydrogen-bond acceptors (Lipinski definition) is 19. The molecule has 0 aliphatic rings. The number of ether oxygens (including phenoxy) is 6. The minimum absolute atomic E-state index is 0.0245. The van der Waals surface area contributed by atoms with E-state index in [1.165, 1.54) is 6.20 Å². The van der Waals surface area contributed by atoms with Crippen molar-refractivity contribution in [2.45, 2.75) is 77.3 Å². The van der Waals surface area contributed by atoms with E-state index in [-0.39, 0.29) is 75.2 Å². The number of halogens is 2. The maximum Gasteiger partial charge on any atom is 0.314 e. The second-order valence-electron chi connectivity index (χ2n) is 18.0. The number of urea groups is 2. The Kier molecular flexibility index (Phi) is 31.1. The summed E-state index contributed by atoms with van der Waals surface area (Å²) in [5.41, 5.74) is 30.6. The van der Waals surface area contributed by atoms with Crippen molar-refractivity contribution in [1.82, 2.24) is 51.8 Å². The SMILES string of the molecule is CC(CCc1ccc(OCCOCCOCCNC(=O)NCCCCCCNC(=O)NCCOCCOCCOc2ccc(CCC(C)N=C(N)NC(=O)c3nc(Cl)c(N)nc3N)cc2)cc1)N=C(N)NC(=O)c1cnc(N)c(Cl)n1. The highest BCUT2D eigenvalue weighted by atomic mass is 35.5. The van der Waals surface area contributed by atoms with Crippen molar-refractivity contribution in [2.24, 2.45) is 21.5 Å². The zero-order valence-corrected chi connectivity index (χ0v) is 47.3. The number of nitrogens with zero attached hydrogens (tertiary/aromatic N) is 6. The van der Waals surface area contributed by atoms with E-state index in [0.717, 1.165) is 55.4 Å². The smallest absolute Gasteiger partial charge is 0.314 e. The van der Waals surface area contributed by atoms with Crippen LogP contribution in [0.5, 0.6) is 11.5 Å². The maximum absolute atomic E-state index is 12.5. The molecule has 0 spiro atoms. The molecule has 0 aliphatic carbocycles. The van der Waals surface area contributed by atoms with Crippen LogP contribution in [0.15, 0.2) is 64.7 Å². The van der Waals surface area contributed by atoms with Gasteiger partial charge in [-0.1, -0.05) is 60.3 Å². The number of anilines is 3. The molecule has 2 unspecified atom stereocenters. The number of nitrogen functional groups attached to an aromatic ring is 3. The number of hydrogen-bond donors (Lipinski definition) is 11. The minimum Gasteiger partial charge on any atom is -0.491 e. The van der Waals surface area contributed by atoms with Crippen molar-refractivity contribution in [3.8, 4) is 11.5 Å². The number of carbonyl (C=O) groups is 4. The fourth-order valence-corrected chi connectivity index (χ4v) is 7.33. The fourth-order valence-electron chi connectivity index (χ4n) is 7.06. The largest absolute Gasteiger partial charge is 0.491 e. The Morgan fingerprint density at radius 2 is 0.938 bits per heavy atom. The van der Waals surface area contributed by atoms with Gasteiger partial charge in [-0.25, -0.2) is 29.5 Å². The van der Waals surface area contributed by atoms with E-state index < -0.39 is 11.8 Å². The molecule has 81 heavy (non-hydrogen) atoms. The zero-order valence-electron chi connectivity index (χ0n) is 45.8. The van der Waals surface area contributed by atoms with Crippen LogP contribution in [0.1, 0.15) is 84.5 Å². The Balaban J connectivity index is 0.853. The van der Waals surface area contributed by atoms with Crippen molar-refractivity contribution < 1.29 is 47.6 Å². The van der Waals surface area contributed by atoms with Gasteiger partial charge in [-0.2, -0.15) is 0 Å². The van der Waals surface area contributed by atoms with Gasteiger partial charge < -0.3 is 78.4 Å². The molecule has 2 aromatic carbocycles. The molecule has 2 heterocycles. The molecule has 2 aromatic heterocycles. The molecule has 0 fully saturated rings. The van der Waals surface area contributed by atoms with Gasteiger partial charge in [0.05, 0.1) is 71.1 Å². The molecule has 444 valence electrons. The van der Waals surface area contributed by atoms with Crippen LogP contribution in [0, 0.1) is 0 Å². The molecule has 16 N–H and O–H groups in total. The molecule has 0 bridgehead atoms. The van der Waals surface area contributed by atoms with E-state index in [9.17, 15) is 19.2 Å². The summed E-state index contributed by atoms with van der Waals surface area (Å²) >= 11 is 11.7. The normalized spacial score (nSPS) is 12.2. The molecule has 0 saturated heterocycles. The maximum atomic E-state index is 12.5. The Hall–Kier alpha value is -7.56. The van der Waals surface area contributed by atoms with Gasteiger partial charge in [0.2, 0.25) is 0 Å². The first-order valence-corrected chi connectivity index (χ1v) is 27.2. The first-order valence-electron chi connectivity index (χ1n) is 26.5. The van der Waals surface area contributed by atoms with Gasteiger partial charge in [0.1, 0.15) is 30.4 Å². The number of carbonyl (C=O) groups excluding carboxylic acids is 4. The number of guanidine groups is 2. The van der Waals surface area contributed by atoms with E-state index in [0.29, 0.717) is 111 Å². The highest BCUT2D eigenvalue weighted by molar-refractivity contribution is 6.32. The summed E-state index contributed by atoms with van der Waals surface area (Å²) in [4.78, 5) is 72.9. The Morgan fingerprint density at radius 1 is 0.519 bits per heavy atom. The highest BCUT2D eigenvalue weighted by Gasteiger charge is 2.18. The van der Waals surface area contributed by atoms with E-state index >= 15 is 0 Å². The number of aromatic nitrogens is 4. The standard InChI is InChI=1S/C52H77Cl2N17O10/c1-34(65-49(58)70-47(72)40-33-64-45(56)42(53)67-40)7-9-36-11-15-38(16-12-36)80-31-29-78-27-25-76-23-21-62-51(74)60-19-5-3-4-6-20-61-52(75)63-22-24-77-26-28-79-30-32-81-39-17-13-37(14-18-39)10-8-35(2)66-50(59)71-48(73)41-44(55)69-46(57)43(54)68-41/h11-18,33-35H,3-10,19-32H2,1-2H3,(H2,56,64)(H4,55,57,69)(H2,60,62,74)(H2,61,63,75)(H3,58,65,70,72)(H3,59,66,71,73). The van der Waals surface area contributed by atoms with Crippen LogP contribution in [0.3, 0.4) is 0 Å². The van der Waals surface area contributed by atoms with Gasteiger partial charge in [0, 0.05) is 26.2 Å². The molecule has 0 aliphatic heterocycles. The summed E-state index contributed by atoms with van der Waals surface area (Å²) in [6, 6.07) is 14.6. The molecule has 4 rings (SSSR count). The van der Waals surface area contributed by atoms with Crippen LogP contribution in [0.2, 0.25) is 10.3 Å². The molecule has 4 aromatic rings. The monoisotopic (exact) mass is 1170 g/mol. The number of aliphatic imine (C=N–C) groups is 2. The Bertz CT molecular complexity index is 2610. The molecule has 2 atom stereocenters. The third-order valence-corrected chi connectivity index (χ3v) is 11.9. The summed E-state index contributed by atoms with van der Waals surface area (Å²) < 4.78 is 33.8. The average molecular weight is 1170 g/mol. The number of benzene rings is 2. The molecule has 27 nitrogen and oxygen atoms in total. The second kappa shape index (κ2) is 38.2. The topological polar surface area (TPSA) is 402 Å². The van der Waals surface area contributed by atoms with Gasteiger partial charge >= 0.3 is 12.1 Å². The molecule has 29 heteroatoms. The van der Waals surface area contributed by atoms with Gasteiger partial charge in [-0.3, -0.25) is 30.2 Å². The first kappa shape index (κ1) is 66.0. The molecule has 6 amide bonds. The molecule has 0 radical (unpaired) electrons. The van der Waals surface area contributed by atoms with Crippen molar-refractivity contribution in [1.29, 1.82) is 0 Å². The van der Waals surface area contributed by atoms with Gasteiger partial charge in [-0.15, -0.1) is 0 Å². The molecule has 0 saturated carbocycles. The lowest BCUT2D eigenvalue weighted by Gasteiger charge is -2.11. The van der Waals surface area contributed by atoms with E-state index in [2.05, 4.69) is 61.8 Å². The number of nitrogens with two attached hydrogens (primary N) is 5. The number of rotatable bonds is 37. The van der Waals surface area contributed by atoms with Gasteiger partial charge in [-0.05, 0) is 87.8 Å². The van der Waals surface area contributed by atoms with Gasteiger partial charge in [0.25, 0.3) is 11.8 Å². The average Bonchev–Trinajstić information content (AvgIpc) is 3.47. The van der Waals surface area contributed by atoms with E-state index in [4.69, 9.17) is 80.3 Å². The van der Waals surface area contributed by atoms with Crippen LogP contribution in [-0.4, -0.2) is 160 Å². The van der Waals surface area contributed by atoms with E-state index in [1.807, 2.05) is 62.4 Å². The van der Waals surface area contributed by atoms with Crippen molar-refractivity contribution >= 4 is 76.5 Å². The van der Waals surface area contributed by atoms with Crippen molar-refractivity contribution in [2.75, 3.05) is 109 Å². The summed E-state index contributed by atoms with van der Waals surface area (Å²) in [7, 11) is 0. The van der Waals surface area contributed by atoms with Crippen molar-refractivity contribution in [3.63, 3.8) is 0 Å². The van der Waals surface area contributed by atoms with Crippen LogP contribution < -0.4 is 70.0 Å². The summed E-state index contributed by atoms with van der Waals surface area (Å²) in [5, 5.41) is 15.9. The van der Waals surface area contributed by atoms with Crippen molar-refractivity contribution in [3.05, 3.63) is 87.5 Å². The summed E-state index contributed by atoms with van der Waals surface area (Å²) in [5.74, 6) is -0.215. The number of nitrogens with one attached hydrogen (secondary N) is 6. The van der Waals surface area contributed by atoms with Gasteiger partial charge in [0.15, 0.2) is 45.4 Å². The van der Waals surface area contributed by atoms with Crippen LogP contribution >= 0.6 is 23.2 Å². The lowest BCUT2D eigenvalue weighted by atomic mass is 10.1. The number of amides is 6. The summed E-state index contributed by atoms with van der Waals surface area (Å²) in [6.07, 6.45) is 7.52. The predicted molar refractivity (Wildman–Crippen MR) is 309 cm³/mol. The predicted octanol–water partition coefficient (Wildman–Crippen LogP) is 3.13. The molecular formula is C52H77Cl2N17O10. The quantitative estimate of drug-likeness (QED) is 0.0175.